The predicted octanol–water partition coefficient (Wildman–Crippen LogP) is 5.85. The van der Waals surface area contributed by atoms with Gasteiger partial charge in [0.15, 0.2) is 0 Å². The van der Waals surface area contributed by atoms with Crippen molar-refractivity contribution >= 4 is 0 Å². The molecule has 0 aromatic heterocycles. The van der Waals surface area contributed by atoms with Crippen molar-refractivity contribution < 1.29 is 25.8 Å². The Kier molecular flexibility index (Phi) is 4.61. The van der Waals surface area contributed by atoms with Crippen LogP contribution in [0, 0.1) is 0 Å². The van der Waals surface area contributed by atoms with Crippen molar-refractivity contribution in [2.75, 3.05) is 0 Å². The molecule has 1 heteroatoms. The van der Waals surface area contributed by atoms with Gasteiger partial charge in [0.2, 0.25) is 0 Å². The van der Waals surface area contributed by atoms with Crippen molar-refractivity contribution in [3.8, 4) is 11.1 Å². The molecule has 0 unspecified atom stereocenters. The average molecular weight is 457 g/mol. The van der Waals surface area contributed by atoms with E-state index in [-0.39, 0.29) is 36.7 Å². The molecular weight excluding hydrogens is 431 g/mol. The first kappa shape index (κ1) is 17.7. The fourth-order valence-electron chi connectivity index (χ4n) is 3.37. The summed E-state index contributed by atoms with van der Waals surface area (Å²) in [5.41, 5.74) is 9.25. The fourth-order valence-corrected chi connectivity index (χ4v) is 3.37. The summed E-state index contributed by atoms with van der Waals surface area (Å²) in [6, 6.07) is 13.9. The first-order valence-corrected chi connectivity index (χ1v) is 7.94. The molecule has 0 atom stereocenters. The quantitative estimate of drug-likeness (QED) is 0.372. The van der Waals surface area contributed by atoms with Crippen LogP contribution in [0.4, 0.5) is 0 Å². The topological polar surface area (TPSA) is 0 Å². The van der Waals surface area contributed by atoms with Crippen molar-refractivity contribution in [2.45, 2.75) is 58.8 Å². The molecule has 0 N–H and O–H groups in total. The Morgan fingerprint density at radius 1 is 0.773 bits per heavy atom. The maximum absolute atomic E-state index is 2.41. The van der Waals surface area contributed by atoms with Crippen molar-refractivity contribution in [3.05, 3.63) is 58.7 Å². The zero-order valence-corrected chi connectivity index (χ0v) is 18.3. The normalized spacial score (nSPS) is 13.4. The molecule has 0 heterocycles. The molecule has 0 fully saturated rings. The summed E-state index contributed by atoms with van der Waals surface area (Å²) in [5.74, 6) is 0. The molecule has 1 aliphatic rings. The van der Waals surface area contributed by atoms with Gasteiger partial charge in [0.05, 0.1) is 0 Å². The minimum Gasteiger partial charge on any atom is -0.0613 e. The van der Waals surface area contributed by atoms with Crippen molar-refractivity contribution in [1.82, 2.24) is 0 Å². The van der Waals surface area contributed by atoms with Gasteiger partial charge < -0.3 is 0 Å². The summed E-state index contributed by atoms with van der Waals surface area (Å²) < 4.78 is 0. The molecule has 0 aliphatic heterocycles. The summed E-state index contributed by atoms with van der Waals surface area (Å²) in [6.45, 7) is 13.8. The summed E-state index contributed by atoms with van der Waals surface area (Å²) in [6.07, 6.45) is 1.09. The Morgan fingerprint density at radius 2 is 1.45 bits per heavy atom. The van der Waals surface area contributed by atoms with Crippen LogP contribution in [0.1, 0.15) is 63.8 Å². The predicted molar refractivity (Wildman–Crippen MR) is 92.1 cm³/mol. The zero-order valence-electron chi connectivity index (χ0n) is 14.7. The van der Waals surface area contributed by atoms with Gasteiger partial charge in [0.1, 0.15) is 0 Å². The number of fused-ring (bicyclic) bond motifs is 3. The summed E-state index contributed by atoms with van der Waals surface area (Å²) in [5, 5.41) is 0. The molecule has 0 amide bonds. The SMILES string of the molecule is CC(C)(C)c1ccc2c(c1)-c1cccc(C(C)(C)C)c1C2.[Hf]. The smallest absolute Gasteiger partial charge is 0 e. The molecular formula is C21H26Hf. The third-order valence-electron chi connectivity index (χ3n) is 4.62. The molecule has 0 saturated heterocycles. The Hall–Kier alpha value is -0.690. The van der Waals surface area contributed by atoms with E-state index in [1.165, 1.54) is 33.4 Å². The molecule has 1 aliphatic carbocycles. The van der Waals surface area contributed by atoms with E-state index in [9.17, 15) is 0 Å². The number of hydrogen-bond acceptors (Lipinski definition) is 0. The molecule has 0 saturated carbocycles. The Bertz CT molecular complexity index is 697. The molecule has 114 valence electrons. The maximum atomic E-state index is 2.41. The number of benzene rings is 2. The van der Waals surface area contributed by atoms with Crippen LogP contribution in [0.25, 0.3) is 11.1 Å². The van der Waals surface area contributed by atoms with Crippen LogP contribution >= 0.6 is 0 Å². The van der Waals surface area contributed by atoms with Crippen LogP contribution in [0.5, 0.6) is 0 Å². The van der Waals surface area contributed by atoms with Gasteiger partial charge in [-0.2, -0.15) is 0 Å². The second-order valence-corrected chi connectivity index (χ2v) is 8.38. The van der Waals surface area contributed by atoms with E-state index in [0.29, 0.717) is 0 Å². The summed E-state index contributed by atoms with van der Waals surface area (Å²) in [4.78, 5) is 0. The van der Waals surface area contributed by atoms with Crippen LogP contribution in [0.2, 0.25) is 0 Å². The van der Waals surface area contributed by atoms with Crippen LogP contribution in [-0.2, 0) is 43.1 Å². The minimum atomic E-state index is 0. The first-order valence-electron chi connectivity index (χ1n) is 7.94. The largest absolute Gasteiger partial charge is 0.0613 e. The van der Waals surface area contributed by atoms with Crippen molar-refractivity contribution in [1.29, 1.82) is 0 Å². The van der Waals surface area contributed by atoms with Crippen molar-refractivity contribution in [2.24, 2.45) is 0 Å². The number of hydrogen-bond donors (Lipinski definition) is 0. The number of rotatable bonds is 0. The standard InChI is InChI=1S/C21H26.Hf/c1-20(2,3)15-11-10-14-12-18-16(17(14)13-15)8-7-9-19(18)21(4,5)6;/h7-11,13H,12H2,1-6H3;. The van der Waals surface area contributed by atoms with E-state index < -0.39 is 0 Å². The van der Waals surface area contributed by atoms with E-state index >= 15 is 0 Å². The second kappa shape index (κ2) is 5.74. The van der Waals surface area contributed by atoms with Crippen molar-refractivity contribution in [3.63, 3.8) is 0 Å². The molecule has 0 radical (unpaired) electrons. The zero-order chi connectivity index (χ0) is 15.4. The Labute approximate surface area is 154 Å². The summed E-state index contributed by atoms with van der Waals surface area (Å²) in [7, 11) is 0. The van der Waals surface area contributed by atoms with Gasteiger partial charge in [0, 0.05) is 25.8 Å². The molecule has 2 aromatic rings. The van der Waals surface area contributed by atoms with Crippen LogP contribution < -0.4 is 0 Å². The van der Waals surface area contributed by atoms with E-state index in [1.54, 1.807) is 0 Å². The van der Waals surface area contributed by atoms with E-state index in [4.69, 9.17) is 0 Å². The molecule has 0 nitrogen and oxygen atoms in total. The second-order valence-electron chi connectivity index (χ2n) is 8.38. The van der Waals surface area contributed by atoms with Gasteiger partial charge in [-0.1, -0.05) is 77.9 Å². The van der Waals surface area contributed by atoms with Crippen LogP contribution in [0.15, 0.2) is 36.4 Å². The monoisotopic (exact) mass is 458 g/mol. The fraction of sp³-hybridized carbons (Fsp3) is 0.429. The average Bonchev–Trinajstić information content (AvgIpc) is 2.73. The third-order valence-corrected chi connectivity index (χ3v) is 4.62. The molecule has 22 heavy (non-hydrogen) atoms. The van der Waals surface area contributed by atoms with Gasteiger partial charge in [-0.15, -0.1) is 0 Å². The van der Waals surface area contributed by atoms with E-state index in [2.05, 4.69) is 77.9 Å². The minimum absolute atomic E-state index is 0. The van der Waals surface area contributed by atoms with Crippen LogP contribution in [0.3, 0.4) is 0 Å². The Balaban J connectivity index is 0.00000176. The van der Waals surface area contributed by atoms with Gasteiger partial charge in [-0.05, 0) is 50.6 Å². The van der Waals surface area contributed by atoms with Gasteiger partial charge in [-0.3, -0.25) is 0 Å². The molecule has 0 spiro atoms. The van der Waals surface area contributed by atoms with Crippen LogP contribution in [-0.4, -0.2) is 0 Å². The summed E-state index contributed by atoms with van der Waals surface area (Å²) >= 11 is 0. The Morgan fingerprint density at radius 3 is 2.05 bits per heavy atom. The molecule has 0 bridgehead atoms. The third kappa shape index (κ3) is 3.02. The van der Waals surface area contributed by atoms with E-state index in [0.717, 1.165) is 6.42 Å². The maximum Gasteiger partial charge on any atom is 0 e. The van der Waals surface area contributed by atoms with Gasteiger partial charge in [-0.25, -0.2) is 0 Å². The molecule has 3 rings (SSSR count). The van der Waals surface area contributed by atoms with Gasteiger partial charge >= 0.3 is 0 Å². The van der Waals surface area contributed by atoms with Gasteiger partial charge in [0.25, 0.3) is 0 Å². The van der Waals surface area contributed by atoms with E-state index in [1.807, 2.05) is 0 Å². The molecule has 2 aromatic carbocycles. The first-order chi connectivity index (χ1) is 9.68.